The lowest BCUT2D eigenvalue weighted by atomic mass is 9.81. The molecule has 0 aliphatic rings. The quantitative estimate of drug-likeness (QED) is 0.613. The van der Waals surface area contributed by atoms with Gasteiger partial charge in [0.25, 0.3) is 0 Å². The van der Waals surface area contributed by atoms with Crippen molar-refractivity contribution in [2.75, 3.05) is 6.54 Å². The van der Waals surface area contributed by atoms with Crippen molar-refractivity contribution >= 4 is 11.9 Å². The van der Waals surface area contributed by atoms with Crippen molar-refractivity contribution in [2.24, 2.45) is 17.1 Å². The monoisotopic (exact) mass is 258 g/mol. The Morgan fingerprint density at radius 3 is 2.06 bits per heavy atom. The van der Waals surface area contributed by atoms with Gasteiger partial charge in [-0.2, -0.15) is 0 Å². The third kappa shape index (κ3) is 4.29. The topological polar surface area (TPSA) is 92.4 Å². The van der Waals surface area contributed by atoms with Gasteiger partial charge < -0.3 is 16.2 Å². The van der Waals surface area contributed by atoms with Crippen LogP contribution >= 0.6 is 0 Å². The van der Waals surface area contributed by atoms with Crippen LogP contribution in [0.2, 0.25) is 0 Å². The third-order valence-electron chi connectivity index (χ3n) is 3.54. The summed E-state index contributed by atoms with van der Waals surface area (Å²) in [7, 11) is 0. The summed E-state index contributed by atoms with van der Waals surface area (Å²) in [5, 5.41) is 11.7. The Hall–Kier alpha value is -1.10. The van der Waals surface area contributed by atoms with E-state index in [-0.39, 0.29) is 18.4 Å². The molecule has 0 bridgehead atoms. The number of amides is 1. The van der Waals surface area contributed by atoms with E-state index >= 15 is 0 Å². The molecule has 0 aromatic heterocycles. The van der Waals surface area contributed by atoms with Gasteiger partial charge >= 0.3 is 5.97 Å². The van der Waals surface area contributed by atoms with E-state index in [1.54, 1.807) is 0 Å². The highest BCUT2D eigenvalue weighted by Gasteiger charge is 2.35. The zero-order chi connectivity index (χ0) is 14.3. The average Bonchev–Trinajstić information content (AvgIpc) is 2.30. The van der Waals surface area contributed by atoms with Gasteiger partial charge in [0, 0.05) is 6.54 Å². The lowest BCUT2D eigenvalue weighted by molar-refractivity contribution is -0.144. The third-order valence-corrected chi connectivity index (χ3v) is 3.54. The SMILES string of the molecule is CCC(CC)(CN)C(=O)N[C@H](CC(C)C)C(=O)O. The molecule has 0 saturated carbocycles. The molecule has 0 unspecified atom stereocenters. The highest BCUT2D eigenvalue weighted by molar-refractivity contribution is 5.87. The molecule has 0 spiro atoms. The Morgan fingerprint density at radius 2 is 1.78 bits per heavy atom. The summed E-state index contributed by atoms with van der Waals surface area (Å²) in [6, 6.07) is -0.832. The van der Waals surface area contributed by atoms with Crippen LogP contribution in [-0.4, -0.2) is 29.6 Å². The van der Waals surface area contributed by atoms with Crippen LogP contribution in [0.3, 0.4) is 0 Å². The second-order valence-corrected chi connectivity index (χ2v) is 5.19. The molecule has 4 N–H and O–H groups in total. The van der Waals surface area contributed by atoms with Gasteiger partial charge in [-0.05, 0) is 25.2 Å². The molecule has 0 rings (SSSR count). The summed E-state index contributed by atoms with van der Waals surface area (Å²) in [6.07, 6.45) is 1.65. The first-order valence-electron chi connectivity index (χ1n) is 6.56. The molecule has 5 heteroatoms. The van der Waals surface area contributed by atoms with E-state index in [0.717, 1.165) is 0 Å². The molecular formula is C13H26N2O3. The molecule has 0 aromatic carbocycles. The van der Waals surface area contributed by atoms with E-state index < -0.39 is 17.4 Å². The van der Waals surface area contributed by atoms with E-state index in [4.69, 9.17) is 10.8 Å². The lowest BCUT2D eigenvalue weighted by Gasteiger charge is -2.30. The predicted molar refractivity (Wildman–Crippen MR) is 71.1 cm³/mol. The number of hydrogen-bond donors (Lipinski definition) is 3. The largest absolute Gasteiger partial charge is 0.480 e. The van der Waals surface area contributed by atoms with Crippen molar-refractivity contribution < 1.29 is 14.7 Å². The summed E-state index contributed by atoms with van der Waals surface area (Å²) < 4.78 is 0. The first kappa shape index (κ1) is 16.9. The molecule has 1 amide bonds. The molecule has 0 aliphatic carbocycles. The fourth-order valence-corrected chi connectivity index (χ4v) is 1.96. The molecule has 5 nitrogen and oxygen atoms in total. The number of carboxylic acid groups (broad SMARTS) is 1. The second-order valence-electron chi connectivity index (χ2n) is 5.19. The van der Waals surface area contributed by atoms with Crippen LogP contribution in [0.25, 0.3) is 0 Å². The number of carboxylic acids is 1. The standard InChI is InChI=1S/C13H26N2O3/c1-5-13(6-2,8-14)12(18)15-10(11(16)17)7-9(3)4/h9-10H,5-8,14H2,1-4H3,(H,15,18)(H,16,17)/t10-/m1/s1. The van der Waals surface area contributed by atoms with E-state index in [2.05, 4.69) is 5.32 Å². The number of hydrogen-bond acceptors (Lipinski definition) is 3. The summed E-state index contributed by atoms with van der Waals surface area (Å²) in [5.74, 6) is -1.03. The van der Waals surface area contributed by atoms with E-state index in [1.165, 1.54) is 0 Å². The average molecular weight is 258 g/mol. The second kappa shape index (κ2) is 7.36. The maximum absolute atomic E-state index is 12.2. The van der Waals surface area contributed by atoms with Crippen molar-refractivity contribution in [2.45, 2.75) is 53.0 Å². The Bertz CT molecular complexity index is 278. The molecule has 0 saturated heterocycles. The van der Waals surface area contributed by atoms with Gasteiger partial charge in [-0.15, -0.1) is 0 Å². The highest BCUT2D eigenvalue weighted by atomic mass is 16.4. The number of carbonyl (C=O) groups excluding carboxylic acids is 1. The minimum absolute atomic E-state index is 0.210. The minimum Gasteiger partial charge on any atom is -0.480 e. The minimum atomic E-state index is -0.991. The highest BCUT2D eigenvalue weighted by Crippen LogP contribution is 2.25. The molecule has 0 radical (unpaired) electrons. The Morgan fingerprint density at radius 1 is 1.28 bits per heavy atom. The van der Waals surface area contributed by atoms with E-state index in [0.29, 0.717) is 19.3 Å². The van der Waals surface area contributed by atoms with Gasteiger partial charge in [0.1, 0.15) is 6.04 Å². The van der Waals surface area contributed by atoms with E-state index in [1.807, 2.05) is 27.7 Å². The van der Waals surface area contributed by atoms with Crippen molar-refractivity contribution in [3.63, 3.8) is 0 Å². The van der Waals surface area contributed by atoms with Crippen LogP contribution in [0, 0.1) is 11.3 Å². The lowest BCUT2D eigenvalue weighted by Crippen LogP contribution is -2.51. The number of rotatable bonds is 8. The Labute approximate surface area is 109 Å². The van der Waals surface area contributed by atoms with Gasteiger partial charge in [0.15, 0.2) is 0 Å². The summed E-state index contributed by atoms with van der Waals surface area (Å²) in [5.41, 5.74) is 5.03. The first-order valence-corrected chi connectivity index (χ1v) is 6.56. The molecule has 1 atom stereocenters. The van der Waals surface area contributed by atoms with Crippen molar-refractivity contribution in [3.05, 3.63) is 0 Å². The number of nitrogens with two attached hydrogens (primary N) is 1. The zero-order valence-electron chi connectivity index (χ0n) is 11.8. The molecule has 0 aliphatic heterocycles. The van der Waals surface area contributed by atoms with E-state index in [9.17, 15) is 9.59 Å². The van der Waals surface area contributed by atoms with Gasteiger partial charge in [-0.25, -0.2) is 4.79 Å². The van der Waals surface area contributed by atoms with Crippen LogP contribution in [0.5, 0.6) is 0 Å². The van der Waals surface area contributed by atoms with Gasteiger partial charge in [-0.3, -0.25) is 4.79 Å². The maximum atomic E-state index is 12.2. The van der Waals surface area contributed by atoms with Crippen LogP contribution in [0.1, 0.15) is 47.0 Å². The number of nitrogens with one attached hydrogen (secondary N) is 1. The Kier molecular flexibility index (Phi) is 6.91. The zero-order valence-corrected chi connectivity index (χ0v) is 11.8. The molecule has 0 heterocycles. The van der Waals surface area contributed by atoms with Crippen molar-refractivity contribution in [1.29, 1.82) is 0 Å². The van der Waals surface area contributed by atoms with Gasteiger partial charge in [0.2, 0.25) is 5.91 Å². The number of aliphatic carboxylic acids is 1. The first-order chi connectivity index (χ1) is 8.32. The van der Waals surface area contributed by atoms with Gasteiger partial charge in [0.05, 0.1) is 5.41 Å². The number of carbonyl (C=O) groups is 2. The van der Waals surface area contributed by atoms with Crippen molar-refractivity contribution in [3.8, 4) is 0 Å². The smallest absolute Gasteiger partial charge is 0.326 e. The summed E-state index contributed by atoms with van der Waals surface area (Å²) >= 11 is 0. The molecule has 106 valence electrons. The normalized spacial score (nSPS) is 13.4. The predicted octanol–water partition coefficient (Wildman–Crippen LogP) is 1.37. The fourth-order valence-electron chi connectivity index (χ4n) is 1.96. The van der Waals surface area contributed by atoms with Gasteiger partial charge in [-0.1, -0.05) is 27.7 Å². The maximum Gasteiger partial charge on any atom is 0.326 e. The van der Waals surface area contributed by atoms with Crippen LogP contribution in [-0.2, 0) is 9.59 Å². The molecule has 0 fully saturated rings. The van der Waals surface area contributed by atoms with Crippen LogP contribution < -0.4 is 11.1 Å². The summed E-state index contributed by atoms with van der Waals surface area (Å²) in [4.78, 5) is 23.3. The summed E-state index contributed by atoms with van der Waals surface area (Å²) in [6.45, 7) is 7.89. The van der Waals surface area contributed by atoms with Crippen molar-refractivity contribution in [1.82, 2.24) is 5.32 Å². The fraction of sp³-hybridized carbons (Fsp3) is 0.846. The molecule has 0 aromatic rings. The van der Waals surface area contributed by atoms with Crippen LogP contribution in [0.4, 0.5) is 0 Å². The molecule has 18 heavy (non-hydrogen) atoms. The van der Waals surface area contributed by atoms with Crippen LogP contribution in [0.15, 0.2) is 0 Å². The molecular weight excluding hydrogens is 232 g/mol. The Balaban J connectivity index is 4.82.